The molecule has 0 saturated heterocycles. The molecule has 0 amide bonds. The number of allylic oxidation sites excluding steroid dienone is 1. The summed E-state index contributed by atoms with van der Waals surface area (Å²) in [6, 6.07) is 5.40. The van der Waals surface area contributed by atoms with Gasteiger partial charge in [-0.15, -0.1) is 0 Å². The topological polar surface area (TPSA) is 162 Å². The Morgan fingerprint density at radius 3 is 2.33 bits per heavy atom. The van der Waals surface area contributed by atoms with Crippen LogP contribution in [0.15, 0.2) is 17.7 Å². The second-order valence-electron chi connectivity index (χ2n) is 5.38. The smallest absolute Gasteiger partial charge is 0.274 e. The lowest BCUT2D eigenvalue weighted by Crippen LogP contribution is -2.33. The second kappa shape index (κ2) is 10.6. The predicted octanol–water partition coefficient (Wildman–Crippen LogP) is -0.0601. The number of hydrogen-bond acceptors (Lipinski definition) is 8. The van der Waals surface area contributed by atoms with E-state index in [0.29, 0.717) is 40.6 Å². The highest BCUT2D eigenvalue weighted by atomic mass is 32.2. The number of nitrogens with one attached hydrogen (secondary N) is 2. The van der Waals surface area contributed by atoms with Gasteiger partial charge in [0.05, 0.1) is 44.8 Å². The van der Waals surface area contributed by atoms with E-state index in [1.165, 1.54) is 14.2 Å². The summed E-state index contributed by atoms with van der Waals surface area (Å²) in [5.74, 6) is 0.968. The molecule has 0 aromatic heterocycles. The molecule has 0 aliphatic heterocycles. The van der Waals surface area contributed by atoms with E-state index < -0.39 is 10.2 Å². The molecule has 0 saturated carbocycles. The largest absolute Gasteiger partial charge is 0.493 e. The molecular weight excluding hydrogens is 374 g/mol. The maximum Gasteiger partial charge on any atom is 0.274 e. The van der Waals surface area contributed by atoms with Gasteiger partial charge in [0.2, 0.25) is 0 Å². The molecule has 27 heavy (non-hydrogen) atoms. The Hall–Kier alpha value is -2.52. The van der Waals surface area contributed by atoms with Crippen molar-refractivity contribution in [2.45, 2.75) is 6.92 Å². The summed E-state index contributed by atoms with van der Waals surface area (Å²) in [6.07, 6.45) is 0. The van der Waals surface area contributed by atoms with Gasteiger partial charge in [0, 0.05) is 30.4 Å². The Labute approximate surface area is 159 Å². The van der Waals surface area contributed by atoms with E-state index in [2.05, 4.69) is 16.1 Å². The molecule has 0 atom stereocenters. The lowest BCUT2D eigenvalue weighted by Gasteiger charge is -2.17. The van der Waals surface area contributed by atoms with E-state index >= 15 is 0 Å². The number of ether oxygens (including phenoxy) is 3. The lowest BCUT2D eigenvalue weighted by molar-refractivity contribution is 0.144. The number of anilines is 1. The molecule has 6 N–H and O–H groups in total. The zero-order chi connectivity index (χ0) is 20.4. The molecule has 0 fully saturated rings. The average Bonchev–Trinajstić information content (AvgIpc) is 2.62. The van der Waals surface area contributed by atoms with E-state index in [-0.39, 0.29) is 19.8 Å². The molecule has 1 aromatic carbocycles. The van der Waals surface area contributed by atoms with Gasteiger partial charge in [0.1, 0.15) is 0 Å². The maximum atomic E-state index is 10.7. The van der Waals surface area contributed by atoms with Crippen LogP contribution in [0.2, 0.25) is 0 Å². The fourth-order valence-corrected chi connectivity index (χ4v) is 2.57. The molecule has 1 aromatic rings. The number of benzene rings is 1. The molecule has 150 valence electrons. The molecule has 0 bridgehead atoms. The van der Waals surface area contributed by atoms with Crippen LogP contribution in [0.25, 0.3) is 5.70 Å². The van der Waals surface area contributed by atoms with Crippen molar-refractivity contribution in [3.63, 3.8) is 0 Å². The first kappa shape index (κ1) is 22.5. The zero-order valence-electron chi connectivity index (χ0n) is 15.5. The van der Waals surface area contributed by atoms with E-state index in [1.807, 2.05) is 0 Å². The van der Waals surface area contributed by atoms with E-state index in [0.717, 1.165) is 0 Å². The number of rotatable bonds is 11. The normalized spacial score (nSPS) is 12.1. The van der Waals surface area contributed by atoms with E-state index in [9.17, 15) is 13.7 Å². The van der Waals surface area contributed by atoms with Crippen LogP contribution in [0.3, 0.4) is 0 Å². The van der Waals surface area contributed by atoms with Gasteiger partial charge in [-0.3, -0.25) is 0 Å². The summed E-state index contributed by atoms with van der Waals surface area (Å²) in [7, 11) is -0.706. The van der Waals surface area contributed by atoms with Crippen LogP contribution >= 0.6 is 0 Å². The fraction of sp³-hybridized carbons (Fsp3) is 0.438. The Morgan fingerprint density at radius 2 is 1.78 bits per heavy atom. The quantitative estimate of drug-likeness (QED) is 0.228. The van der Waals surface area contributed by atoms with Gasteiger partial charge >= 0.3 is 0 Å². The van der Waals surface area contributed by atoms with Crippen molar-refractivity contribution in [2.24, 2.45) is 5.14 Å². The number of hydrogen-bond donors (Lipinski definition) is 4. The molecule has 0 radical (unpaired) electrons. The highest BCUT2D eigenvalue weighted by Crippen LogP contribution is 2.35. The second-order valence-corrected chi connectivity index (χ2v) is 6.76. The Kier molecular flexibility index (Phi) is 8.83. The van der Waals surface area contributed by atoms with Crippen molar-refractivity contribution >= 4 is 21.6 Å². The number of nitriles is 1. The van der Waals surface area contributed by atoms with Crippen molar-refractivity contribution in [2.75, 3.05) is 46.3 Å². The van der Waals surface area contributed by atoms with Crippen molar-refractivity contribution < 1.29 is 22.6 Å². The van der Waals surface area contributed by atoms with Gasteiger partial charge in [-0.05, 0) is 13.0 Å². The van der Waals surface area contributed by atoms with Crippen molar-refractivity contribution in [3.8, 4) is 17.6 Å². The summed E-state index contributed by atoms with van der Waals surface area (Å²) in [5, 5.41) is 17.2. The minimum Gasteiger partial charge on any atom is -0.493 e. The summed E-state index contributed by atoms with van der Waals surface area (Å²) >= 11 is 0. The van der Waals surface area contributed by atoms with Crippen LogP contribution in [0.4, 0.5) is 5.69 Å². The monoisotopic (exact) mass is 399 g/mol. The first-order valence-electron chi connectivity index (χ1n) is 7.95. The minimum absolute atomic E-state index is 0.0708. The summed E-state index contributed by atoms with van der Waals surface area (Å²) in [5.41, 5.74) is 8.10. The molecule has 0 unspecified atom stereocenters. The average molecular weight is 399 g/mol. The van der Waals surface area contributed by atoms with Gasteiger partial charge < -0.3 is 25.3 Å². The number of nitrogen functional groups attached to an aromatic ring is 1. The van der Waals surface area contributed by atoms with Crippen LogP contribution < -0.4 is 30.4 Å². The fourth-order valence-electron chi connectivity index (χ4n) is 2.20. The van der Waals surface area contributed by atoms with Gasteiger partial charge in [-0.25, -0.2) is 9.86 Å². The minimum atomic E-state index is -3.72. The highest BCUT2D eigenvalue weighted by Gasteiger charge is 2.14. The Balaban J connectivity index is 2.78. The van der Waals surface area contributed by atoms with Crippen molar-refractivity contribution in [1.82, 2.24) is 10.0 Å². The predicted molar refractivity (Wildman–Crippen MR) is 102 cm³/mol. The van der Waals surface area contributed by atoms with Gasteiger partial charge in [-0.1, -0.05) is 0 Å². The third-order valence-electron chi connectivity index (χ3n) is 3.47. The van der Waals surface area contributed by atoms with Crippen molar-refractivity contribution in [3.05, 3.63) is 23.3 Å². The van der Waals surface area contributed by atoms with Crippen LogP contribution in [0, 0.1) is 11.3 Å². The number of nitrogens with zero attached hydrogens (tertiary/aromatic N) is 1. The molecule has 0 aliphatic carbocycles. The van der Waals surface area contributed by atoms with Crippen LogP contribution in [0.1, 0.15) is 12.5 Å². The van der Waals surface area contributed by atoms with Gasteiger partial charge in [-0.2, -0.15) is 13.7 Å². The molecule has 0 aliphatic rings. The zero-order valence-corrected chi connectivity index (χ0v) is 16.4. The molecule has 11 heteroatoms. The summed E-state index contributed by atoms with van der Waals surface area (Å²) in [6.45, 7) is 2.54. The SMILES string of the molecule is COc1cc(N)c(/C(NCCOCCNS(N)(=O)=O)=C(\C)C#N)cc1OC. The third-order valence-corrected chi connectivity index (χ3v) is 4.07. The molecule has 1 rings (SSSR count). The van der Waals surface area contributed by atoms with Crippen LogP contribution in [0.5, 0.6) is 11.5 Å². The number of methoxy groups -OCH3 is 2. The number of nitrogens with two attached hydrogens (primary N) is 2. The Bertz CT molecular complexity index is 817. The first-order valence-corrected chi connectivity index (χ1v) is 9.50. The highest BCUT2D eigenvalue weighted by molar-refractivity contribution is 7.87. The van der Waals surface area contributed by atoms with Crippen LogP contribution in [-0.2, 0) is 14.9 Å². The molecule has 0 heterocycles. The summed E-state index contributed by atoms with van der Waals surface area (Å²) < 4.78 is 39.4. The van der Waals surface area contributed by atoms with Gasteiger partial charge in [0.15, 0.2) is 11.5 Å². The van der Waals surface area contributed by atoms with E-state index in [1.54, 1.807) is 19.1 Å². The van der Waals surface area contributed by atoms with Crippen LogP contribution in [-0.4, -0.2) is 48.9 Å². The lowest BCUT2D eigenvalue weighted by atomic mass is 10.0. The Morgan fingerprint density at radius 1 is 1.19 bits per heavy atom. The maximum absolute atomic E-state index is 10.7. The molecule has 10 nitrogen and oxygen atoms in total. The van der Waals surface area contributed by atoms with Gasteiger partial charge in [0.25, 0.3) is 10.2 Å². The van der Waals surface area contributed by atoms with E-state index in [4.69, 9.17) is 25.1 Å². The molecular formula is C16H25N5O5S. The van der Waals surface area contributed by atoms with Crippen molar-refractivity contribution in [1.29, 1.82) is 5.26 Å². The summed E-state index contributed by atoms with van der Waals surface area (Å²) in [4.78, 5) is 0. The standard InChI is InChI=1S/C16H25N5O5S/c1-11(10-17)16(20-4-6-26-7-5-21-27(19,22)23)12-8-14(24-2)15(25-3)9-13(12)18/h8-9,20-21H,4-7,18H2,1-3H3,(H2,19,22,23)/b16-11-. The molecule has 0 spiro atoms. The first-order chi connectivity index (χ1) is 12.7. The third kappa shape index (κ3) is 7.32.